The summed E-state index contributed by atoms with van der Waals surface area (Å²) in [6.07, 6.45) is 4.73. The molecule has 4 N–H and O–H groups in total. The molecule has 0 saturated heterocycles. The molecule has 0 aliphatic heterocycles. The van der Waals surface area contributed by atoms with Crippen LogP contribution in [0, 0.1) is 5.92 Å². The molecule has 39 heavy (non-hydrogen) atoms. The van der Waals surface area contributed by atoms with E-state index in [2.05, 4.69) is 41.0 Å². The van der Waals surface area contributed by atoms with Crippen LogP contribution < -0.4 is 25.4 Å². The monoisotopic (exact) mass is 538 g/mol. The number of carbonyl (C=O) groups excluding carboxylic acids is 2. The fraction of sp³-hybridized carbons (Fsp3) is 0.433. The van der Waals surface area contributed by atoms with Crippen LogP contribution in [0.3, 0.4) is 0 Å². The zero-order valence-corrected chi connectivity index (χ0v) is 23.2. The van der Waals surface area contributed by atoms with Gasteiger partial charge in [-0.3, -0.25) is 9.59 Å². The number of benzene rings is 1. The highest BCUT2D eigenvalue weighted by atomic mass is 16.5. The average molecular weight is 539 g/mol. The Hall–Kier alpha value is -3.85. The lowest BCUT2D eigenvalue weighted by Gasteiger charge is -2.26. The normalized spacial score (nSPS) is 12.9. The van der Waals surface area contributed by atoms with Crippen LogP contribution in [0.1, 0.15) is 49.0 Å². The van der Waals surface area contributed by atoms with Crippen LogP contribution in [-0.4, -0.2) is 60.9 Å². The molecule has 1 aromatic carbocycles. The molecule has 9 nitrogen and oxygen atoms in total. The van der Waals surface area contributed by atoms with Crippen LogP contribution in [0.25, 0.3) is 0 Å². The molecule has 0 aliphatic rings. The fourth-order valence-electron chi connectivity index (χ4n) is 3.91. The van der Waals surface area contributed by atoms with Crippen LogP contribution in [0.2, 0.25) is 0 Å². The highest BCUT2D eigenvalue weighted by Crippen LogP contribution is 2.20. The van der Waals surface area contributed by atoms with Gasteiger partial charge in [0.25, 0.3) is 5.91 Å². The number of methoxy groups -OCH3 is 1. The largest absolute Gasteiger partial charge is 0.490 e. The summed E-state index contributed by atoms with van der Waals surface area (Å²) in [6.45, 7) is 12.6. The van der Waals surface area contributed by atoms with Crippen LogP contribution in [0.5, 0.6) is 11.6 Å². The van der Waals surface area contributed by atoms with Crippen LogP contribution in [-0.2, 0) is 11.2 Å². The van der Waals surface area contributed by atoms with E-state index < -0.39 is 24.0 Å². The van der Waals surface area contributed by atoms with Crippen molar-refractivity contribution in [2.24, 2.45) is 5.92 Å². The van der Waals surface area contributed by atoms with Crippen molar-refractivity contribution in [2.45, 2.75) is 51.7 Å². The van der Waals surface area contributed by atoms with E-state index in [9.17, 15) is 14.7 Å². The maximum atomic E-state index is 13.4. The summed E-state index contributed by atoms with van der Waals surface area (Å²) in [6, 6.07) is 9.92. The fourth-order valence-corrected chi connectivity index (χ4v) is 3.91. The van der Waals surface area contributed by atoms with Crippen molar-refractivity contribution in [3.8, 4) is 11.6 Å². The van der Waals surface area contributed by atoms with Gasteiger partial charge in [0.05, 0.1) is 19.3 Å². The molecule has 0 fully saturated rings. The number of unbranched alkanes of at least 4 members (excludes halogenated alkanes) is 1. The molecule has 0 bridgehead atoms. The van der Waals surface area contributed by atoms with Crippen LogP contribution in [0.4, 0.5) is 5.82 Å². The third-order valence-corrected chi connectivity index (χ3v) is 6.08. The van der Waals surface area contributed by atoms with Crippen molar-refractivity contribution in [2.75, 3.05) is 32.1 Å². The number of aliphatic hydroxyl groups excluding tert-OH is 1. The lowest BCUT2D eigenvalue weighted by molar-refractivity contribution is -0.125. The summed E-state index contributed by atoms with van der Waals surface area (Å²) in [4.78, 5) is 30.2. The summed E-state index contributed by atoms with van der Waals surface area (Å²) < 4.78 is 10.9. The Kier molecular flexibility index (Phi) is 13.6. The summed E-state index contributed by atoms with van der Waals surface area (Å²) in [5.41, 5.74) is 1.18. The minimum Gasteiger partial charge on any atom is -0.490 e. The minimum absolute atomic E-state index is 0.121. The van der Waals surface area contributed by atoms with Crippen molar-refractivity contribution >= 4 is 17.6 Å². The van der Waals surface area contributed by atoms with E-state index in [0.717, 1.165) is 18.4 Å². The van der Waals surface area contributed by atoms with E-state index in [1.807, 2.05) is 24.3 Å². The summed E-state index contributed by atoms with van der Waals surface area (Å²) in [7, 11) is 1.47. The first-order valence-electron chi connectivity index (χ1n) is 13.3. The lowest BCUT2D eigenvalue weighted by Crippen LogP contribution is -2.46. The molecule has 1 aromatic heterocycles. The van der Waals surface area contributed by atoms with Gasteiger partial charge in [0.15, 0.2) is 0 Å². The first-order valence-corrected chi connectivity index (χ1v) is 13.3. The quantitative estimate of drug-likeness (QED) is 0.168. The number of nitrogens with one attached hydrogen (secondary N) is 3. The number of amides is 2. The molecule has 0 saturated carbocycles. The van der Waals surface area contributed by atoms with Gasteiger partial charge < -0.3 is 30.5 Å². The maximum Gasteiger partial charge on any atom is 0.251 e. The molecule has 212 valence electrons. The molecular weight excluding hydrogens is 496 g/mol. The molecule has 3 atom stereocenters. The summed E-state index contributed by atoms with van der Waals surface area (Å²) in [5, 5.41) is 20.2. The molecule has 1 heterocycles. The Morgan fingerprint density at radius 1 is 1.18 bits per heavy atom. The molecule has 2 aromatic rings. The van der Waals surface area contributed by atoms with Crippen molar-refractivity contribution in [1.29, 1.82) is 0 Å². The molecule has 2 amide bonds. The van der Waals surface area contributed by atoms with E-state index in [0.29, 0.717) is 43.2 Å². The van der Waals surface area contributed by atoms with E-state index >= 15 is 0 Å². The molecule has 9 heteroatoms. The Morgan fingerprint density at radius 2 is 1.97 bits per heavy atom. The summed E-state index contributed by atoms with van der Waals surface area (Å²) >= 11 is 0. The van der Waals surface area contributed by atoms with Crippen LogP contribution in [0.15, 0.2) is 61.7 Å². The van der Waals surface area contributed by atoms with Gasteiger partial charge in [-0.1, -0.05) is 51.1 Å². The number of rotatable bonds is 18. The third-order valence-electron chi connectivity index (χ3n) is 6.08. The number of anilines is 1. The van der Waals surface area contributed by atoms with Crippen molar-refractivity contribution < 1.29 is 24.2 Å². The van der Waals surface area contributed by atoms with Gasteiger partial charge in [-0.15, -0.1) is 6.58 Å². The Labute approximate surface area is 231 Å². The van der Waals surface area contributed by atoms with Gasteiger partial charge in [-0.25, -0.2) is 0 Å². The number of carbonyl (C=O) groups is 2. The van der Waals surface area contributed by atoms with Gasteiger partial charge in [0.2, 0.25) is 11.8 Å². The Morgan fingerprint density at radius 3 is 2.67 bits per heavy atom. The van der Waals surface area contributed by atoms with Crippen molar-refractivity contribution in [3.05, 3.63) is 72.8 Å². The van der Waals surface area contributed by atoms with Gasteiger partial charge in [-0.05, 0) is 43.0 Å². The molecular formula is C30H42N4O5. The maximum absolute atomic E-state index is 13.4. The number of hydrogen-bond acceptors (Lipinski definition) is 7. The standard InChI is InChI=1S/C30H42N4O5/c1-6-9-14-32-29(36)21(4)16-26(35)25(18-22-11-10-12-24(17-22)39-15-8-3)33-30(37)23-19-27(31-13-7-2)34-28(20-23)38-5/h7-8,10-12,17,19-21,25-26,35H,2-3,6,9,13-16,18H2,1,4-5H3,(H,31,34)(H,32,36)(H,33,37)/t21-,25+,26+/m1/s1. The predicted octanol–water partition coefficient (Wildman–Crippen LogP) is 3.90. The Bertz CT molecular complexity index is 1090. The number of nitrogens with zero attached hydrogens (tertiary/aromatic N) is 1. The van der Waals surface area contributed by atoms with Gasteiger partial charge in [0, 0.05) is 30.6 Å². The van der Waals surface area contributed by atoms with E-state index in [1.54, 1.807) is 25.1 Å². The SMILES string of the molecule is C=CCNc1cc(C(=O)N[C@@H](Cc2cccc(OCC=C)c2)[C@@H](O)C[C@@H](C)C(=O)NCCCC)cc(OC)n1. The second kappa shape index (κ2) is 16.9. The molecule has 0 spiro atoms. The van der Waals surface area contributed by atoms with Crippen molar-refractivity contribution in [1.82, 2.24) is 15.6 Å². The average Bonchev–Trinajstić information content (AvgIpc) is 2.94. The number of hydrogen-bond donors (Lipinski definition) is 4. The van der Waals surface area contributed by atoms with E-state index in [-0.39, 0.29) is 18.2 Å². The van der Waals surface area contributed by atoms with Gasteiger partial charge in [-0.2, -0.15) is 4.98 Å². The highest BCUT2D eigenvalue weighted by Gasteiger charge is 2.27. The zero-order chi connectivity index (χ0) is 28.6. The molecule has 0 radical (unpaired) electrons. The van der Waals surface area contributed by atoms with Gasteiger partial charge >= 0.3 is 0 Å². The number of pyridine rings is 1. The first kappa shape index (κ1) is 31.4. The van der Waals surface area contributed by atoms with E-state index in [1.165, 1.54) is 13.2 Å². The number of aliphatic hydroxyl groups is 1. The van der Waals surface area contributed by atoms with Crippen molar-refractivity contribution in [3.63, 3.8) is 0 Å². The highest BCUT2D eigenvalue weighted by molar-refractivity contribution is 5.95. The summed E-state index contributed by atoms with van der Waals surface area (Å²) in [5.74, 6) is 0.433. The lowest BCUT2D eigenvalue weighted by atomic mass is 9.93. The second-order valence-electron chi connectivity index (χ2n) is 9.33. The molecule has 2 rings (SSSR count). The zero-order valence-electron chi connectivity index (χ0n) is 23.2. The minimum atomic E-state index is -0.985. The van der Waals surface area contributed by atoms with Gasteiger partial charge in [0.1, 0.15) is 18.2 Å². The molecule has 0 unspecified atom stereocenters. The predicted molar refractivity (Wildman–Crippen MR) is 154 cm³/mol. The first-order chi connectivity index (χ1) is 18.8. The topological polar surface area (TPSA) is 122 Å². The third kappa shape index (κ3) is 10.8. The second-order valence-corrected chi connectivity index (χ2v) is 9.33. The van der Waals surface area contributed by atoms with E-state index in [4.69, 9.17) is 9.47 Å². The number of ether oxygens (including phenoxy) is 2. The smallest absolute Gasteiger partial charge is 0.251 e. The Balaban J connectivity index is 2.27. The van der Waals surface area contributed by atoms with Crippen LogP contribution >= 0.6 is 0 Å². The molecule has 0 aliphatic carbocycles. The number of aromatic nitrogens is 1.